The van der Waals surface area contributed by atoms with Crippen LogP contribution in [0.2, 0.25) is 0 Å². The van der Waals surface area contributed by atoms with Crippen molar-refractivity contribution in [1.29, 1.82) is 0 Å². The molecule has 0 unspecified atom stereocenters. The maximum Gasteiger partial charge on any atom is 0.266 e. The number of aryl methyl sites for hydroxylation is 1. The number of nitrogens with one attached hydrogen (secondary N) is 1. The van der Waals surface area contributed by atoms with Crippen molar-refractivity contribution in [3.63, 3.8) is 0 Å². The van der Waals surface area contributed by atoms with E-state index in [1.54, 1.807) is 11.3 Å². The quantitative estimate of drug-likeness (QED) is 0.817. The van der Waals surface area contributed by atoms with Gasteiger partial charge in [0.2, 0.25) is 0 Å². The molecule has 0 saturated carbocycles. The third-order valence-electron chi connectivity index (χ3n) is 1.93. The minimum absolute atomic E-state index is 0.0177. The molecule has 2 nitrogen and oxygen atoms in total. The van der Waals surface area contributed by atoms with Gasteiger partial charge in [0.05, 0.1) is 5.69 Å². The number of carbonyl (C=O) groups is 1. The van der Waals surface area contributed by atoms with E-state index >= 15 is 0 Å². The van der Waals surface area contributed by atoms with E-state index in [9.17, 15) is 4.79 Å². The maximum atomic E-state index is 11.8. The predicted molar refractivity (Wildman–Crippen MR) is 74.0 cm³/mol. The Bertz CT molecular complexity index is 489. The van der Waals surface area contributed by atoms with Gasteiger partial charge in [-0.3, -0.25) is 4.79 Å². The minimum Gasteiger partial charge on any atom is -0.320 e. The molecule has 0 aliphatic carbocycles. The van der Waals surface area contributed by atoms with Crippen LogP contribution in [-0.2, 0) is 0 Å². The lowest BCUT2D eigenvalue weighted by Gasteiger charge is -2.02. The van der Waals surface area contributed by atoms with Crippen molar-refractivity contribution in [2.75, 3.05) is 5.32 Å². The summed E-state index contributed by atoms with van der Waals surface area (Å²) in [5, 5.41) is 8.81. The number of amides is 1. The van der Waals surface area contributed by atoms with E-state index in [2.05, 4.69) is 27.9 Å². The molecule has 5 heteroatoms. The molecular weight excluding hydrogens is 341 g/mol. The highest BCUT2D eigenvalue weighted by atomic mass is 127. The van der Waals surface area contributed by atoms with Gasteiger partial charge in [-0.15, -0.1) is 22.7 Å². The standard InChI is InChI=1S/C10H8INOS2/c1-6-4-14-5-8(6)12-10(13)9-7(11)2-3-15-9/h2-5H,1H3,(H,12,13). The van der Waals surface area contributed by atoms with E-state index in [4.69, 9.17) is 0 Å². The zero-order valence-corrected chi connectivity index (χ0v) is 11.7. The van der Waals surface area contributed by atoms with Crippen LogP contribution in [0.15, 0.2) is 22.2 Å². The average Bonchev–Trinajstić information content (AvgIpc) is 2.76. The highest BCUT2D eigenvalue weighted by Gasteiger charge is 2.12. The molecule has 78 valence electrons. The van der Waals surface area contributed by atoms with Crippen LogP contribution < -0.4 is 5.32 Å². The van der Waals surface area contributed by atoms with Crippen molar-refractivity contribution in [1.82, 2.24) is 0 Å². The topological polar surface area (TPSA) is 29.1 Å². The SMILES string of the molecule is Cc1cscc1NC(=O)c1sccc1I. The maximum absolute atomic E-state index is 11.8. The average molecular weight is 349 g/mol. The van der Waals surface area contributed by atoms with Crippen LogP contribution in [0.3, 0.4) is 0 Å². The predicted octanol–water partition coefficient (Wildman–Crippen LogP) is 3.97. The zero-order chi connectivity index (χ0) is 10.8. The van der Waals surface area contributed by atoms with E-state index in [0.29, 0.717) is 0 Å². The monoisotopic (exact) mass is 349 g/mol. The van der Waals surface area contributed by atoms with Gasteiger partial charge in [-0.25, -0.2) is 0 Å². The van der Waals surface area contributed by atoms with Gasteiger partial charge in [0.15, 0.2) is 0 Å². The summed E-state index contributed by atoms with van der Waals surface area (Å²) in [4.78, 5) is 12.6. The lowest BCUT2D eigenvalue weighted by Crippen LogP contribution is -2.11. The van der Waals surface area contributed by atoms with Gasteiger partial charge in [-0.1, -0.05) is 0 Å². The molecule has 0 aliphatic rings. The smallest absolute Gasteiger partial charge is 0.266 e. The second kappa shape index (κ2) is 4.63. The van der Waals surface area contributed by atoms with Crippen molar-refractivity contribution < 1.29 is 4.79 Å². The number of halogens is 1. The van der Waals surface area contributed by atoms with Crippen molar-refractivity contribution in [3.05, 3.63) is 36.2 Å². The van der Waals surface area contributed by atoms with Crippen molar-refractivity contribution in [2.45, 2.75) is 6.92 Å². The summed E-state index contributed by atoms with van der Waals surface area (Å²) < 4.78 is 1.00. The molecule has 0 atom stereocenters. The van der Waals surface area contributed by atoms with Gasteiger partial charge < -0.3 is 5.32 Å². The molecule has 1 amide bonds. The Hall–Kier alpha value is -0.400. The number of hydrogen-bond acceptors (Lipinski definition) is 3. The summed E-state index contributed by atoms with van der Waals surface area (Å²) in [6, 6.07) is 1.95. The minimum atomic E-state index is -0.0177. The molecule has 2 aromatic heterocycles. The van der Waals surface area contributed by atoms with E-state index in [1.807, 2.05) is 29.1 Å². The Morgan fingerprint density at radius 1 is 1.47 bits per heavy atom. The highest BCUT2D eigenvalue weighted by molar-refractivity contribution is 14.1. The molecule has 2 rings (SSSR count). The van der Waals surface area contributed by atoms with Crippen LogP contribution in [0.5, 0.6) is 0 Å². The fourth-order valence-electron chi connectivity index (χ4n) is 1.12. The highest BCUT2D eigenvalue weighted by Crippen LogP contribution is 2.23. The van der Waals surface area contributed by atoms with Crippen LogP contribution in [-0.4, -0.2) is 5.91 Å². The Morgan fingerprint density at radius 2 is 2.27 bits per heavy atom. The molecule has 1 N–H and O–H groups in total. The van der Waals surface area contributed by atoms with Crippen LogP contribution in [0.25, 0.3) is 0 Å². The van der Waals surface area contributed by atoms with Gasteiger partial charge in [-0.2, -0.15) is 0 Å². The van der Waals surface area contributed by atoms with Crippen LogP contribution in [0.4, 0.5) is 5.69 Å². The fraction of sp³-hybridized carbons (Fsp3) is 0.100. The largest absolute Gasteiger partial charge is 0.320 e. The third-order valence-corrected chi connectivity index (χ3v) is 4.97. The van der Waals surface area contributed by atoms with Crippen molar-refractivity contribution in [2.24, 2.45) is 0 Å². The molecule has 0 aromatic carbocycles. The molecule has 2 heterocycles. The lowest BCUT2D eigenvalue weighted by molar-refractivity contribution is 0.103. The van der Waals surface area contributed by atoms with E-state index in [-0.39, 0.29) is 5.91 Å². The molecule has 0 bridgehead atoms. The number of thiophene rings is 2. The van der Waals surface area contributed by atoms with Crippen molar-refractivity contribution in [3.8, 4) is 0 Å². The van der Waals surface area contributed by atoms with Crippen molar-refractivity contribution >= 4 is 56.9 Å². The van der Waals surface area contributed by atoms with Crippen LogP contribution in [0, 0.1) is 10.5 Å². The van der Waals surface area contributed by atoms with Gasteiger partial charge >= 0.3 is 0 Å². The summed E-state index contributed by atoms with van der Waals surface area (Å²) >= 11 is 5.24. The number of anilines is 1. The molecule has 0 fully saturated rings. The van der Waals surface area contributed by atoms with Gasteiger partial charge in [0, 0.05) is 8.95 Å². The lowest BCUT2D eigenvalue weighted by atomic mass is 10.3. The molecular formula is C10H8INOS2. The van der Waals surface area contributed by atoms with E-state index < -0.39 is 0 Å². The van der Waals surface area contributed by atoms with Gasteiger partial charge in [0.1, 0.15) is 4.88 Å². The summed E-state index contributed by atoms with van der Waals surface area (Å²) in [6.07, 6.45) is 0. The number of carbonyl (C=O) groups excluding carboxylic acids is 1. The number of hydrogen-bond donors (Lipinski definition) is 1. The zero-order valence-electron chi connectivity index (χ0n) is 7.91. The normalized spacial score (nSPS) is 10.3. The Morgan fingerprint density at radius 3 is 2.80 bits per heavy atom. The van der Waals surface area contributed by atoms with Gasteiger partial charge in [-0.05, 0) is 51.9 Å². The van der Waals surface area contributed by atoms with Crippen LogP contribution in [0.1, 0.15) is 15.2 Å². The Kier molecular flexibility index (Phi) is 3.42. The Balaban J connectivity index is 2.18. The first-order chi connectivity index (χ1) is 7.18. The summed E-state index contributed by atoms with van der Waals surface area (Å²) in [5.41, 5.74) is 2.02. The summed E-state index contributed by atoms with van der Waals surface area (Å²) in [6.45, 7) is 1.99. The first-order valence-corrected chi connectivity index (χ1v) is 7.15. The van der Waals surface area contributed by atoms with E-state index in [1.165, 1.54) is 11.3 Å². The third kappa shape index (κ3) is 2.40. The first kappa shape index (κ1) is 11.1. The van der Waals surface area contributed by atoms with Gasteiger partial charge in [0.25, 0.3) is 5.91 Å². The van der Waals surface area contributed by atoms with E-state index in [0.717, 1.165) is 19.7 Å². The molecule has 2 aromatic rings. The second-order valence-electron chi connectivity index (χ2n) is 3.02. The second-order valence-corrected chi connectivity index (χ2v) is 5.84. The first-order valence-electron chi connectivity index (χ1n) is 4.25. The Labute approximate surface area is 109 Å². The molecule has 0 aliphatic heterocycles. The molecule has 0 spiro atoms. The fourth-order valence-corrected chi connectivity index (χ4v) is 3.63. The molecule has 15 heavy (non-hydrogen) atoms. The number of rotatable bonds is 2. The molecule has 0 radical (unpaired) electrons. The van der Waals surface area contributed by atoms with Crippen LogP contribution >= 0.6 is 45.3 Å². The molecule has 0 saturated heterocycles. The summed E-state index contributed by atoms with van der Waals surface area (Å²) in [7, 11) is 0. The summed E-state index contributed by atoms with van der Waals surface area (Å²) in [5.74, 6) is -0.0177.